The molecule has 24 heavy (non-hydrogen) atoms. The molecule has 8 nitrogen and oxygen atoms in total. The van der Waals surface area contributed by atoms with Gasteiger partial charge in [-0.2, -0.15) is 4.99 Å². The molecule has 0 aliphatic carbocycles. The molecule has 0 atom stereocenters. The summed E-state index contributed by atoms with van der Waals surface area (Å²) >= 11 is 6.06. The van der Waals surface area contributed by atoms with Crippen LogP contribution in [0.25, 0.3) is 0 Å². The first-order valence-corrected chi connectivity index (χ1v) is 8.04. The number of anilines is 1. The molecule has 1 saturated heterocycles. The molecule has 0 bridgehead atoms. The number of aliphatic imine (C=N–C) groups is 2. The van der Waals surface area contributed by atoms with Crippen LogP contribution in [0.4, 0.5) is 11.4 Å². The zero-order valence-electron chi connectivity index (χ0n) is 13.6. The standard InChI is InChI=1S/C15H22ClN7O/c1-2-13(24)23-7-5-22(6-8-23)12-4-3-10(16)9-11(12)20-15(19)21-14(17)18/h3-4,9H,2,5-8H2,1H3,(H6,17,18,19,20,21). The first kappa shape index (κ1) is 17.9. The number of rotatable bonds is 3. The maximum Gasteiger partial charge on any atom is 0.223 e. The summed E-state index contributed by atoms with van der Waals surface area (Å²) in [6.07, 6.45) is 0.519. The number of halogens is 1. The molecule has 0 spiro atoms. The summed E-state index contributed by atoms with van der Waals surface area (Å²) in [5.41, 5.74) is 17.8. The quantitative estimate of drug-likeness (QED) is 0.543. The van der Waals surface area contributed by atoms with E-state index in [1.807, 2.05) is 17.9 Å². The summed E-state index contributed by atoms with van der Waals surface area (Å²) in [6, 6.07) is 5.37. The predicted molar refractivity (Wildman–Crippen MR) is 97.6 cm³/mol. The molecule has 1 fully saturated rings. The minimum Gasteiger partial charge on any atom is -0.370 e. The molecule has 2 rings (SSSR count). The van der Waals surface area contributed by atoms with Crippen LogP contribution in [0, 0.1) is 0 Å². The smallest absolute Gasteiger partial charge is 0.223 e. The summed E-state index contributed by atoms with van der Waals surface area (Å²) < 4.78 is 0. The maximum absolute atomic E-state index is 11.8. The van der Waals surface area contributed by atoms with E-state index < -0.39 is 0 Å². The van der Waals surface area contributed by atoms with Crippen LogP contribution in [0.5, 0.6) is 0 Å². The second-order valence-electron chi connectivity index (χ2n) is 5.36. The molecule has 1 amide bonds. The number of piperazine rings is 1. The van der Waals surface area contributed by atoms with Crippen molar-refractivity contribution in [1.82, 2.24) is 4.90 Å². The van der Waals surface area contributed by atoms with E-state index >= 15 is 0 Å². The Kier molecular flexibility index (Phi) is 5.86. The van der Waals surface area contributed by atoms with Gasteiger partial charge in [-0.3, -0.25) is 4.79 Å². The number of hydrogen-bond donors (Lipinski definition) is 3. The van der Waals surface area contributed by atoms with Gasteiger partial charge < -0.3 is 27.0 Å². The molecular formula is C15H22ClN7O. The van der Waals surface area contributed by atoms with Gasteiger partial charge in [0, 0.05) is 37.6 Å². The predicted octanol–water partition coefficient (Wildman–Crippen LogP) is 0.618. The van der Waals surface area contributed by atoms with Crippen LogP contribution in [-0.4, -0.2) is 48.9 Å². The summed E-state index contributed by atoms with van der Waals surface area (Å²) in [6.45, 7) is 4.62. The van der Waals surface area contributed by atoms with Gasteiger partial charge in [-0.15, -0.1) is 0 Å². The van der Waals surface area contributed by atoms with Gasteiger partial charge in [-0.05, 0) is 18.2 Å². The third kappa shape index (κ3) is 4.51. The summed E-state index contributed by atoms with van der Waals surface area (Å²) in [7, 11) is 0. The molecular weight excluding hydrogens is 330 g/mol. The van der Waals surface area contributed by atoms with Gasteiger partial charge in [-0.25, -0.2) is 4.99 Å². The second kappa shape index (κ2) is 7.87. The lowest BCUT2D eigenvalue weighted by atomic mass is 10.2. The average molecular weight is 352 g/mol. The highest BCUT2D eigenvalue weighted by Gasteiger charge is 2.21. The Morgan fingerprint density at radius 3 is 2.46 bits per heavy atom. The molecule has 1 aliphatic rings. The Labute approximate surface area is 146 Å². The number of nitrogens with two attached hydrogens (primary N) is 3. The lowest BCUT2D eigenvalue weighted by molar-refractivity contribution is -0.131. The largest absolute Gasteiger partial charge is 0.370 e. The van der Waals surface area contributed by atoms with Crippen LogP contribution < -0.4 is 22.1 Å². The van der Waals surface area contributed by atoms with Crippen LogP contribution in [-0.2, 0) is 4.79 Å². The Hall–Kier alpha value is -2.48. The highest BCUT2D eigenvalue weighted by Crippen LogP contribution is 2.32. The molecule has 1 aromatic carbocycles. The van der Waals surface area contributed by atoms with Gasteiger partial charge in [0.2, 0.25) is 11.9 Å². The second-order valence-corrected chi connectivity index (χ2v) is 5.80. The van der Waals surface area contributed by atoms with Crippen LogP contribution in [0.15, 0.2) is 28.2 Å². The van der Waals surface area contributed by atoms with Crippen molar-refractivity contribution in [1.29, 1.82) is 0 Å². The minimum atomic E-state index is -0.161. The van der Waals surface area contributed by atoms with Gasteiger partial charge in [0.15, 0.2) is 5.96 Å². The lowest BCUT2D eigenvalue weighted by Gasteiger charge is -2.36. The average Bonchev–Trinajstić information content (AvgIpc) is 2.53. The number of guanidine groups is 2. The molecule has 130 valence electrons. The Balaban J connectivity index is 2.22. The van der Waals surface area contributed by atoms with Gasteiger partial charge in [0.25, 0.3) is 0 Å². The van der Waals surface area contributed by atoms with Gasteiger partial charge in [-0.1, -0.05) is 18.5 Å². The van der Waals surface area contributed by atoms with Crippen molar-refractivity contribution in [2.24, 2.45) is 27.2 Å². The van der Waals surface area contributed by atoms with Gasteiger partial charge in [0.05, 0.1) is 11.4 Å². The van der Waals surface area contributed by atoms with Crippen LogP contribution in [0.2, 0.25) is 5.02 Å². The molecule has 1 aliphatic heterocycles. The van der Waals surface area contributed by atoms with E-state index in [-0.39, 0.29) is 17.8 Å². The maximum atomic E-state index is 11.8. The van der Waals surface area contributed by atoms with E-state index in [4.69, 9.17) is 28.8 Å². The Bertz CT molecular complexity index is 662. The van der Waals surface area contributed by atoms with E-state index in [1.165, 1.54) is 0 Å². The highest BCUT2D eigenvalue weighted by atomic mass is 35.5. The van der Waals surface area contributed by atoms with Crippen molar-refractivity contribution >= 4 is 40.8 Å². The summed E-state index contributed by atoms with van der Waals surface area (Å²) in [5, 5.41) is 0.537. The fourth-order valence-electron chi connectivity index (χ4n) is 2.55. The molecule has 6 N–H and O–H groups in total. The molecule has 0 aromatic heterocycles. The van der Waals surface area contributed by atoms with Crippen LogP contribution >= 0.6 is 11.6 Å². The van der Waals surface area contributed by atoms with Crippen molar-refractivity contribution in [3.05, 3.63) is 23.2 Å². The van der Waals surface area contributed by atoms with E-state index in [9.17, 15) is 4.79 Å². The number of carbonyl (C=O) groups excluding carboxylic acids is 1. The Morgan fingerprint density at radius 1 is 1.21 bits per heavy atom. The molecule has 1 heterocycles. The van der Waals surface area contributed by atoms with Crippen LogP contribution in [0.3, 0.4) is 0 Å². The molecule has 0 radical (unpaired) electrons. The Morgan fingerprint density at radius 2 is 1.88 bits per heavy atom. The van der Waals surface area contributed by atoms with Crippen molar-refractivity contribution in [2.45, 2.75) is 13.3 Å². The van der Waals surface area contributed by atoms with E-state index in [0.717, 1.165) is 5.69 Å². The minimum absolute atomic E-state index is 0.0432. The molecule has 1 aromatic rings. The molecule has 9 heteroatoms. The van der Waals surface area contributed by atoms with Gasteiger partial charge in [0.1, 0.15) is 0 Å². The third-order valence-electron chi connectivity index (χ3n) is 3.69. The highest BCUT2D eigenvalue weighted by molar-refractivity contribution is 6.31. The van der Waals surface area contributed by atoms with Crippen molar-refractivity contribution in [3.8, 4) is 0 Å². The molecule has 0 unspecified atom stereocenters. The summed E-state index contributed by atoms with van der Waals surface area (Å²) in [5.74, 6) is -0.0363. The van der Waals surface area contributed by atoms with Crippen molar-refractivity contribution in [3.63, 3.8) is 0 Å². The zero-order valence-corrected chi connectivity index (χ0v) is 14.3. The molecule has 0 saturated carbocycles. The van der Waals surface area contributed by atoms with E-state index in [0.29, 0.717) is 43.3 Å². The first-order valence-electron chi connectivity index (χ1n) is 7.66. The SMILES string of the molecule is CCC(=O)N1CCN(c2ccc(Cl)cc2N=C(N)N=C(N)N)CC1. The van der Waals surface area contributed by atoms with Crippen molar-refractivity contribution < 1.29 is 4.79 Å². The lowest BCUT2D eigenvalue weighted by Crippen LogP contribution is -2.48. The zero-order chi connectivity index (χ0) is 17.7. The topological polar surface area (TPSA) is 126 Å². The fraction of sp³-hybridized carbons (Fsp3) is 0.400. The summed E-state index contributed by atoms with van der Waals surface area (Å²) in [4.78, 5) is 23.7. The first-order chi connectivity index (χ1) is 11.4. The van der Waals surface area contributed by atoms with Crippen LogP contribution in [0.1, 0.15) is 13.3 Å². The van der Waals surface area contributed by atoms with E-state index in [1.54, 1.807) is 12.1 Å². The number of benzene rings is 1. The monoisotopic (exact) mass is 351 g/mol. The fourth-order valence-corrected chi connectivity index (χ4v) is 2.72. The number of hydrogen-bond acceptors (Lipinski definition) is 3. The van der Waals surface area contributed by atoms with Crippen molar-refractivity contribution in [2.75, 3.05) is 31.1 Å². The number of carbonyl (C=O) groups is 1. The number of amides is 1. The normalized spacial score (nSPS) is 15.3. The number of nitrogens with zero attached hydrogens (tertiary/aromatic N) is 4. The van der Waals surface area contributed by atoms with Gasteiger partial charge >= 0.3 is 0 Å². The van der Waals surface area contributed by atoms with E-state index in [2.05, 4.69) is 14.9 Å². The third-order valence-corrected chi connectivity index (χ3v) is 3.93.